The predicted molar refractivity (Wildman–Crippen MR) is 86.5 cm³/mol. The summed E-state index contributed by atoms with van der Waals surface area (Å²) in [4.78, 5) is 12.0. The maximum Gasteiger partial charge on any atom is 0.220 e. The van der Waals surface area contributed by atoms with Crippen molar-refractivity contribution in [1.82, 2.24) is 25.5 Å². The molecule has 1 N–H and O–H groups in total. The van der Waals surface area contributed by atoms with Gasteiger partial charge >= 0.3 is 0 Å². The van der Waals surface area contributed by atoms with E-state index in [1.165, 1.54) is 18.4 Å². The van der Waals surface area contributed by atoms with Crippen LogP contribution in [0, 0.1) is 0 Å². The highest BCUT2D eigenvalue weighted by atomic mass is 16.1. The molecule has 23 heavy (non-hydrogen) atoms. The molecule has 122 valence electrons. The maximum absolute atomic E-state index is 12.0. The molecule has 6 heteroatoms. The molecule has 3 rings (SSSR count). The van der Waals surface area contributed by atoms with E-state index in [0.717, 1.165) is 31.5 Å². The summed E-state index contributed by atoms with van der Waals surface area (Å²) in [5, 5.41) is 14.8. The van der Waals surface area contributed by atoms with Crippen LogP contribution in [0.1, 0.15) is 56.0 Å². The van der Waals surface area contributed by atoms with E-state index in [-0.39, 0.29) is 5.91 Å². The molecule has 0 spiro atoms. The van der Waals surface area contributed by atoms with E-state index in [9.17, 15) is 4.79 Å². The van der Waals surface area contributed by atoms with Gasteiger partial charge in [0, 0.05) is 6.42 Å². The number of hydrogen-bond donors (Lipinski definition) is 1. The van der Waals surface area contributed by atoms with E-state index in [0.29, 0.717) is 19.0 Å². The van der Waals surface area contributed by atoms with Crippen LogP contribution in [0.3, 0.4) is 0 Å². The van der Waals surface area contributed by atoms with Crippen LogP contribution in [0.25, 0.3) is 0 Å². The molecular formula is C17H23N5O. The zero-order valence-electron chi connectivity index (χ0n) is 13.3. The van der Waals surface area contributed by atoms with Crippen LogP contribution in [0.5, 0.6) is 0 Å². The lowest BCUT2D eigenvalue weighted by molar-refractivity contribution is -0.121. The van der Waals surface area contributed by atoms with Gasteiger partial charge in [-0.05, 0) is 41.7 Å². The normalized spacial score (nSPS) is 15.0. The second kappa shape index (κ2) is 7.85. The van der Waals surface area contributed by atoms with Crippen LogP contribution in [-0.4, -0.2) is 26.1 Å². The predicted octanol–water partition coefficient (Wildman–Crippen LogP) is 2.43. The molecule has 0 unspecified atom stereocenters. The molecule has 0 radical (unpaired) electrons. The highest BCUT2D eigenvalue weighted by molar-refractivity contribution is 5.75. The van der Waals surface area contributed by atoms with Gasteiger partial charge in [0.1, 0.15) is 0 Å². The van der Waals surface area contributed by atoms with Gasteiger partial charge in [0.15, 0.2) is 5.82 Å². The van der Waals surface area contributed by atoms with Gasteiger partial charge in [-0.3, -0.25) is 4.79 Å². The maximum atomic E-state index is 12.0. The molecule has 1 aliphatic carbocycles. The van der Waals surface area contributed by atoms with Crippen molar-refractivity contribution in [2.75, 3.05) is 0 Å². The van der Waals surface area contributed by atoms with E-state index in [2.05, 4.69) is 33.0 Å². The number of hydrogen-bond acceptors (Lipinski definition) is 4. The lowest BCUT2D eigenvalue weighted by Gasteiger charge is -2.11. The average molecular weight is 313 g/mol. The van der Waals surface area contributed by atoms with Crippen molar-refractivity contribution in [3.63, 3.8) is 0 Å². The van der Waals surface area contributed by atoms with Gasteiger partial charge in [0.2, 0.25) is 5.91 Å². The van der Waals surface area contributed by atoms with Crippen LogP contribution >= 0.6 is 0 Å². The summed E-state index contributed by atoms with van der Waals surface area (Å²) in [7, 11) is 0. The number of nitrogens with zero attached hydrogens (tertiary/aromatic N) is 4. The summed E-state index contributed by atoms with van der Waals surface area (Å²) in [6, 6.07) is 10.6. The first-order chi connectivity index (χ1) is 11.3. The molecule has 0 aliphatic heterocycles. The summed E-state index contributed by atoms with van der Waals surface area (Å²) in [6.07, 6.45) is 7.02. The molecule has 1 heterocycles. The summed E-state index contributed by atoms with van der Waals surface area (Å²) in [5.74, 6) is 0.815. The Labute approximate surface area is 136 Å². The fourth-order valence-electron chi connectivity index (χ4n) is 3.12. The average Bonchev–Trinajstić information content (AvgIpc) is 3.25. The Hall–Kier alpha value is -2.24. The van der Waals surface area contributed by atoms with Crippen molar-refractivity contribution in [2.45, 2.75) is 57.5 Å². The van der Waals surface area contributed by atoms with Crippen LogP contribution in [0.15, 0.2) is 30.3 Å². The lowest BCUT2D eigenvalue weighted by Crippen LogP contribution is -2.25. The molecule has 1 aliphatic rings. The van der Waals surface area contributed by atoms with Gasteiger partial charge in [-0.15, -0.1) is 5.10 Å². The van der Waals surface area contributed by atoms with Gasteiger partial charge in [0.25, 0.3) is 0 Å². The first-order valence-electron chi connectivity index (χ1n) is 8.40. The zero-order chi connectivity index (χ0) is 15.9. The molecule has 2 aromatic rings. The van der Waals surface area contributed by atoms with Crippen LogP contribution in [0.4, 0.5) is 0 Å². The number of aryl methyl sites for hydroxylation is 1. The van der Waals surface area contributed by atoms with Crippen molar-refractivity contribution >= 4 is 5.91 Å². The topological polar surface area (TPSA) is 72.7 Å². The highest BCUT2D eigenvalue weighted by Crippen LogP contribution is 2.28. The first-order valence-corrected chi connectivity index (χ1v) is 8.40. The minimum atomic E-state index is 0.0573. The number of aromatic nitrogens is 4. The smallest absolute Gasteiger partial charge is 0.220 e. The quantitative estimate of drug-likeness (QED) is 0.852. The van der Waals surface area contributed by atoms with Crippen molar-refractivity contribution in [3.8, 4) is 0 Å². The number of carbonyl (C=O) groups excluding carboxylic acids is 1. The molecule has 0 saturated heterocycles. The third-order valence-corrected chi connectivity index (χ3v) is 4.39. The zero-order valence-corrected chi connectivity index (χ0v) is 13.3. The fraction of sp³-hybridized carbons (Fsp3) is 0.529. The SMILES string of the molecule is O=C(CCCc1ccccc1)NCc1nnnn1C1CCCC1. The van der Waals surface area contributed by atoms with Crippen molar-refractivity contribution in [3.05, 3.63) is 41.7 Å². The summed E-state index contributed by atoms with van der Waals surface area (Å²) in [5.41, 5.74) is 1.27. The third-order valence-electron chi connectivity index (χ3n) is 4.39. The number of tetrazole rings is 1. The second-order valence-corrected chi connectivity index (χ2v) is 6.09. The van der Waals surface area contributed by atoms with Crippen LogP contribution in [-0.2, 0) is 17.8 Å². The minimum absolute atomic E-state index is 0.0573. The Kier molecular flexibility index (Phi) is 5.34. The van der Waals surface area contributed by atoms with Gasteiger partial charge in [-0.2, -0.15) is 0 Å². The Balaban J connectivity index is 1.41. The van der Waals surface area contributed by atoms with Gasteiger partial charge in [-0.25, -0.2) is 4.68 Å². The first kappa shape index (κ1) is 15.6. The van der Waals surface area contributed by atoms with Gasteiger partial charge < -0.3 is 5.32 Å². The standard InChI is InChI=1S/C17H23N5O/c23-17(12-6-9-14-7-2-1-3-8-14)18-13-16-19-20-21-22(16)15-10-4-5-11-15/h1-3,7-8,15H,4-6,9-13H2,(H,18,23). The largest absolute Gasteiger partial charge is 0.349 e. The van der Waals surface area contributed by atoms with E-state index < -0.39 is 0 Å². The molecule has 0 atom stereocenters. The van der Waals surface area contributed by atoms with Gasteiger partial charge in [0.05, 0.1) is 12.6 Å². The number of carbonyl (C=O) groups is 1. The molecule has 1 aromatic carbocycles. The van der Waals surface area contributed by atoms with E-state index in [1.54, 1.807) is 0 Å². The van der Waals surface area contributed by atoms with Crippen molar-refractivity contribution < 1.29 is 4.79 Å². The number of amides is 1. The van der Waals surface area contributed by atoms with Crippen LogP contribution in [0.2, 0.25) is 0 Å². The Bertz CT molecular complexity index is 619. The minimum Gasteiger partial charge on any atom is -0.349 e. The highest BCUT2D eigenvalue weighted by Gasteiger charge is 2.21. The molecule has 0 bridgehead atoms. The van der Waals surface area contributed by atoms with Crippen molar-refractivity contribution in [1.29, 1.82) is 0 Å². The fourth-order valence-corrected chi connectivity index (χ4v) is 3.12. The van der Waals surface area contributed by atoms with E-state index >= 15 is 0 Å². The van der Waals surface area contributed by atoms with Crippen molar-refractivity contribution in [2.24, 2.45) is 0 Å². The van der Waals surface area contributed by atoms with Gasteiger partial charge in [-0.1, -0.05) is 43.2 Å². The summed E-state index contributed by atoms with van der Waals surface area (Å²) >= 11 is 0. The molecule has 1 fully saturated rings. The lowest BCUT2D eigenvalue weighted by atomic mass is 10.1. The monoisotopic (exact) mass is 313 g/mol. The Morgan fingerprint density at radius 3 is 2.78 bits per heavy atom. The second-order valence-electron chi connectivity index (χ2n) is 6.09. The number of benzene rings is 1. The summed E-state index contributed by atoms with van der Waals surface area (Å²) < 4.78 is 1.89. The third kappa shape index (κ3) is 4.37. The molecule has 1 saturated carbocycles. The van der Waals surface area contributed by atoms with E-state index in [4.69, 9.17) is 0 Å². The molecule has 1 amide bonds. The Morgan fingerprint density at radius 2 is 2.00 bits per heavy atom. The molecule has 1 aromatic heterocycles. The number of rotatable bonds is 7. The summed E-state index contributed by atoms with van der Waals surface area (Å²) in [6.45, 7) is 0.410. The van der Waals surface area contributed by atoms with E-state index in [1.807, 2.05) is 22.9 Å². The Morgan fingerprint density at radius 1 is 1.22 bits per heavy atom. The molecular weight excluding hydrogens is 290 g/mol. The van der Waals surface area contributed by atoms with Crippen LogP contribution < -0.4 is 5.32 Å². The number of nitrogens with one attached hydrogen (secondary N) is 1. The molecule has 6 nitrogen and oxygen atoms in total.